The highest BCUT2D eigenvalue weighted by atomic mass is 32.2. The van der Waals surface area contributed by atoms with Crippen molar-refractivity contribution in [1.29, 1.82) is 0 Å². The maximum Gasteiger partial charge on any atom is 0.522 e. The minimum Gasteiger partial charge on any atom is -0.289 e. The number of benzene rings is 2. The van der Waals surface area contributed by atoms with Crippen LogP contribution in [-0.4, -0.2) is 40.6 Å². The summed E-state index contributed by atoms with van der Waals surface area (Å²) >= 11 is 0. The molecule has 2 heterocycles. The summed E-state index contributed by atoms with van der Waals surface area (Å²) < 4.78 is 72.9. The summed E-state index contributed by atoms with van der Waals surface area (Å²) in [5.74, 6) is -0.0403. The van der Waals surface area contributed by atoms with Crippen LogP contribution < -0.4 is 4.72 Å². The van der Waals surface area contributed by atoms with Crippen LogP contribution in [0, 0.1) is 20.8 Å². The van der Waals surface area contributed by atoms with Gasteiger partial charge in [-0.15, -0.1) is 13.2 Å². The molecule has 0 saturated heterocycles. The third kappa shape index (κ3) is 6.28. The Morgan fingerprint density at radius 1 is 1.02 bits per heavy atom. The van der Waals surface area contributed by atoms with Crippen LogP contribution in [-0.2, 0) is 21.8 Å². The normalized spacial score (nSPS) is 17.6. The molecule has 2 aromatic heterocycles. The van der Waals surface area contributed by atoms with Gasteiger partial charge < -0.3 is 0 Å². The predicted molar refractivity (Wildman–Crippen MR) is 149 cm³/mol. The second-order valence-electron chi connectivity index (χ2n) is 10.4. The standard InChI is InChI=1S/C29H30F3N5O3S/c1-17-7-5-8-18(2)26(17)28-27(33-15-25(34-28)36-41(38,39)24-16-37(4)35-19(24)3)22-10-6-9-20(13-22)21-11-12-23(14-21)40-29(30,31)32/h5-10,13,15-16,21,23H,11-12,14H2,1-4H3,(H,34,36)/t21-,23+/m1/s1. The Bertz CT molecular complexity index is 1680. The number of aromatic nitrogens is 4. The van der Waals surface area contributed by atoms with E-state index >= 15 is 0 Å². The molecule has 0 amide bonds. The fourth-order valence-corrected chi connectivity index (χ4v) is 6.73. The zero-order chi connectivity index (χ0) is 29.5. The second kappa shape index (κ2) is 10.9. The van der Waals surface area contributed by atoms with Gasteiger partial charge in [0.15, 0.2) is 5.82 Å². The summed E-state index contributed by atoms with van der Waals surface area (Å²) in [6.07, 6.45) is -1.57. The molecule has 1 saturated carbocycles. The molecule has 2 aromatic carbocycles. The van der Waals surface area contributed by atoms with Crippen LogP contribution in [0.5, 0.6) is 0 Å². The molecule has 12 heteroatoms. The highest BCUT2D eigenvalue weighted by Gasteiger charge is 2.37. The lowest BCUT2D eigenvalue weighted by molar-refractivity contribution is -0.341. The lowest BCUT2D eigenvalue weighted by Gasteiger charge is -2.17. The molecule has 0 unspecified atom stereocenters. The summed E-state index contributed by atoms with van der Waals surface area (Å²) in [4.78, 5) is 9.44. The Morgan fingerprint density at radius 3 is 2.39 bits per heavy atom. The predicted octanol–water partition coefficient (Wildman–Crippen LogP) is 6.44. The molecule has 5 rings (SSSR count). The number of ether oxygens (including phenoxy) is 1. The van der Waals surface area contributed by atoms with Gasteiger partial charge in [0.1, 0.15) is 4.90 Å². The number of nitrogens with zero attached hydrogens (tertiary/aromatic N) is 4. The van der Waals surface area contributed by atoms with Gasteiger partial charge in [0, 0.05) is 24.4 Å². The van der Waals surface area contributed by atoms with E-state index in [1.807, 2.05) is 56.3 Å². The van der Waals surface area contributed by atoms with Gasteiger partial charge in [0.2, 0.25) is 0 Å². The molecular formula is C29H30F3N5O3S. The van der Waals surface area contributed by atoms with Gasteiger partial charge in [-0.05, 0) is 68.7 Å². The van der Waals surface area contributed by atoms with Gasteiger partial charge in [0.25, 0.3) is 10.0 Å². The number of nitrogens with one attached hydrogen (secondary N) is 1. The maximum absolute atomic E-state index is 13.2. The van der Waals surface area contributed by atoms with Crippen molar-refractivity contribution in [2.24, 2.45) is 7.05 Å². The van der Waals surface area contributed by atoms with E-state index in [4.69, 9.17) is 4.98 Å². The van der Waals surface area contributed by atoms with Crippen molar-refractivity contribution >= 4 is 15.8 Å². The van der Waals surface area contributed by atoms with Crippen LogP contribution in [0.2, 0.25) is 0 Å². The first kappa shape index (κ1) is 28.7. The monoisotopic (exact) mass is 585 g/mol. The van der Waals surface area contributed by atoms with Gasteiger partial charge in [-0.1, -0.05) is 36.4 Å². The zero-order valence-corrected chi connectivity index (χ0v) is 23.8. The van der Waals surface area contributed by atoms with E-state index in [0.29, 0.717) is 29.9 Å². The Kier molecular flexibility index (Phi) is 7.64. The van der Waals surface area contributed by atoms with Crippen molar-refractivity contribution in [2.75, 3.05) is 4.72 Å². The minimum absolute atomic E-state index is 0.0385. The van der Waals surface area contributed by atoms with Crippen LogP contribution in [0.1, 0.15) is 47.6 Å². The van der Waals surface area contributed by atoms with E-state index < -0.39 is 22.5 Å². The molecule has 0 radical (unpaired) electrons. The van der Waals surface area contributed by atoms with Crippen molar-refractivity contribution in [3.63, 3.8) is 0 Å². The molecule has 1 aliphatic rings. The fraction of sp³-hybridized carbons (Fsp3) is 0.345. The van der Waals surface area contributed by atoms with Crippen LogP contribution in [0.3, 0.4) is 0 Å². The number of rotatable bonds is 7. The first-order valence-electron chi connectivity index (χ1n) is 13.1. The van der Waals surface area contributed by atoms with Gasteiger partial charge in [-0.2, -0.15) is 5.10 Å². The van der Waals surface area contributed by atoms with E-state index in [-0.39, 0.29) is 23.1 Å². The zero-order valence-electron chi connectivity index (χ0n) is 23.0. The number of anilines is 1. The average molecular weight is 586 g/mol. The van der Waals surface area contributed by atoms with Crippen molar-refractivity contribution in [3.05, 3.63) is 77.2 Å². The maximum atomic E-state index is 13.2. The summed E-state index contributed by atoms with van der Waals surface area (Å²) in [6.45, 7) is 5.50. The van der Waals surface area contributed by atoms with E-state index in [1.165, 1.54) is 17.1 Å². The summed E-state index contributed by atoms with van der Waals surface area (Å²) in [7, 11) is -2.34. The number of hydrogen-bond acceptors (Lipinski definition) is 6. The Balaban J connectivity index is 1.54. The SMILES string of the molecule is Cc1cccc(C)c1-c1nc(NS(=O)(=O)c2cn(C)nc2C)cnc1-c1cccc([C@@H]2CC[C@H](OC(F)(F)F)C2)c1. The number of hydrogen-bond donors (Lipinski definition) is 1. The first-order chi connectivity index (χ1) is 19.3. The lowest BCUT2D eigenvalue weighted by Crippen LogP contribution is -2.21. The van der Waals surface area contributed by atoms with Crippen molar-refractivity contribution in [1.82, 2.24) is 19.7 Å². The van der Waals surface area contributed by atoms with Gasteiger partial charge >= 0.3 is 6.36 Å². The second-order valence-corrected chi connectivity index (χ2v) is 12.0. The summed E-state index contributed by atoms with van der Waals surface area (Å²) in [5, 5.41) is 4.12. The minimum atomic E-state index is -4.66. The number of halogens is 3. The number of aryl methyl sites for hydroxylation is 4. The van der Waals surface area contributed by atoms with Gasteiger partial charge in [-0.25, -0.2) is 13.4 Å². The largest absolute Gasteiger partial charge is 0.522 e. The first-order valence-corrected chi connectivity index (χ1v) is 14.6. The number of alkyl halides is 3. The third-order valence-electron chi connectivity index (χ3n) is 7.30. The number of sulfonamides is 1. The topological polar surface area (TPSA) is 99.0 Å². The third-order valence-corrected chi connectivity index (χ3v) is 8.76. The average Bonchev–Trinajstić information content (AvgIpc) is 3.48. The lowest BCUT2D eigenvalue weighted by atomic mass is 9.92. The molecule has 4 aromatic rings. The summed E-state index contributed by atoms with van der Waals surface area (Å²) in [5.41, 5.74) is 5.68. The highest BCUT2D eigenvalue weighted by molar-refractivity contribution is 7.92. The molecule has 41 heavy (non-hydrogen) atoms. The Hall–Kier alpha value is -3.77. The smallest absolute Gasteiger partial charge is 0.289 e. The van der Waals surface area contributed by atoms with Crippen molar-refractivity contribution < 1.29 is 26.3 Å². The molecule has 8 nitrogen and oxygen atoms in total. The molecule has 0 bridgehead atoms. The molecule has 1 aliphatic carbocycles. The molecule has 2 atom stereocenters. The summed E-state index contributed by atoms with van der Waals surface area (Å²) in [6, 6.07) is 13.4. The van der Waals surface area contributed by atoms with E-state index in [1.54, 1.807) is 14.0 Å². The Morgan fingerprint density at radius 2 is 1.73 bits per heavy atom. The molecule has 1 fully saturated rings. The molecule has 1 N–H and O–H groups in total. The van der Waals surface area contributed by atoms with Crippen LogP contribution in [0.15, 0.2) is 59.8 Å². The van der Waals surface area contributed by atoms with Gasteiger partial charge in [0.05, 0.1) is 29.4 Å². The molecular weight excluding hydrogens is 555 g/mol. The molecule has 0 aliphatic heterocycles. The van der Waals surface area contributed by atoms with E-state index in [2.05, 4.69) is 19.5 Å². The quantitative estimate of drug-likeness (QED) is 0.268. The highest BCUT2D eigenvalue weighted by Crippen LogP contribution is 2.41. The van der Waals surface area contributed by atoms with Crippen molar-refractivity contribution in [2.45, 2.75) is 63.3 Å². The molecule has 216 valence electrons. The van der Waals surface area contributed by atoms with Crippen LogP contribution in [0.25, 0.3) is 22.5 Å². The van der Waals surface area contributed by atoms with Gasteiger partial charge in [-0.3, -0.25) is 19.1 Å². The Labute approximate surface area is 236 Å². The van der Waals surface area contributed by atoms with Crippen molar-refractivity contribution in [3.8, 4) is 22.5 Å². The van der Waals surface area contributed by atoms with Crippen LogP contribution >= 0.6 is 0 Å². The van der Waals surface area contributed by atoms with Crippen LogP contribution in [0.4, 0.5) is 19.0 Å². The van der Waals surface area contributed by atoms with E-state index in [9.17, 15) is 21.6 Å². The fourth-order valence-electron chi connectivity index (χ4n) is 5.52. The molecule has 0 spiro atoms. The van der Waals surface area contributed by atoms with E-state index in [0.717, 1.165) is 27.8 Å².